The smallest absolute Gasteiger partial charge is 0.252 e. The number of hydrogen-bond donors (Lipinski definition) is 2. The van der Waals surface area contributed by atoms with Crippen LogP contribution in [0.1, 0.15) is 17.3 Å². The Hall–Kier alpha value is -2.78. The van der Waals surface area contributed by atoms with Crippen LogP contribution < -0.4 is 10.0 Å². The van der Waals surface area contributed by atoms with Crippen molar-refractivity contribution >= 4 is 27.0 Å². The lowest BCUT2D eigenvalue weighted by molar-refractivity contribution is 0.0956. The second kappa shape index (κ2) is 7.85. The summed E-state index contributed by atoms with van der Waals surface area (Å²) in [6.45, 7) is 2.89. The Kier molecular flexibility index (Phi) is 5.52. The van der Waals surface area contributed by atoms with Crippen LogP contribution in [0.15, 0.2) is 42.6 Å². The van der Waals surface area contributed by atoms with E-state index in [9.17, 15) is 13.2 Å². The number of nitrogens with one attached hydrogen (secondary N) is 2. The van der Waals surface area contributed by atoms with Gasteiger partial charge in [0, 0.05) is 25.2 Å². The zero-order valence-electron chi connectivity index (χ0n) is 15.1. The monoisotopic (exact) mass is 387 g/mol. The van der Waals surface area contributed by atoms with E-state index < -0.39 is 10.0 Å². The van der Waals surface area contributed by atoms with Gasteiger partial charge in [-0.2, -0.15) is 5.10 Å². The van der Waals surface area contributed by atoms with Crippen LogP contribution in [0.5, 0.6) is 0 Å². The highest BCUT2D eigenvalue weighted by Crippen LogP contribution is 2.24. The Bertz CT molecular complexity index is 1060. The fraction of sp³-hybridized carbons (Fsp3) is 0.278. The summed E-state index contributed by atoms with van der Waals surface area (Å²) in [6.07, 6.45) is 2.71. The summed E-state index contributed by atoms with van der Waals surface area (Å²) in [6, 6.07) is 11.3. The van der Waals surface area contributed by atoms with Crippen LogP contribution in [0.4, 0.5) is 0 Å². The Morgan fingerprint density at radius 1 is 1.19 bits per heavy atom. The highest BCUT2D eigenvalue weighted by atomic mass is 32.2. The number of sulfonamides is 1. The molecule has 0 spiro atoms. The molecule has 9 heteroatoms. The summed E-state index contributed by atoms with van der Waals surface area (Å²) in [5.41, 5.74) is 2.67. The molecule has 1 aromatic carbocycles. The number of hydrogen-bond acceptors (Lipinski definition) is 5. The van der Waals surface area contributed by atoms with Gasteiger partial charge in [0.05, 0.1) is 29.1 Å². The minimum atomic E-state index is -3.29. The lowest BCUT2D eigenvalue weighted by atomic mass is 10.1. The molecule has 0 aliphatic rings. The second-order valence-electron chi connectivity index (χ2n) is 6.04. The van der Waals surface area contributed by atoms with Crippen molar-refractivity contribution in [1.82, 2.24) is 24.8 Å². The van der Waals surface area contributed by atoms with Gasteiger partial charge in [0.15, 0.2) is 5.65 Å². The molecule has 0 unspecified atom stereocenters. The molecule has 0 aliphatic heterocycles. The highest BCUT2D eigenvalue weighted by Gasteiger charge is 2.17. The summed E-state index contributed by atoms with van der Waals surface area (Å²) in [5, 5.41) is 7.70. The molecule has 0 aliphatic carbocycles. The molecule has 0 fully saturated rings. The van der Waals surface area contributed by atoms with E-state index >= 15 is 0 Å². The van der Waals surface area contributed by atoms with Gasteiger partial charge >= 0.3 is 0 Å². The van der Waals surface area contributed by atoms with E-state index in [1.165, 1.54) is 0 Å². The maximum atomic E-state index is 12.7. The van der Waals surface area contributed by atoms with Crippen molar-refractivity contribution in [3.8, 4) is 11.3 Å². The highest BCUT2D eigenvalue weighted by molar-refractivity contribution is 7.88. The van der Waals surface area contributed by atoms with E-state index in [0.717, 1.165) is 11.8 Å². The molecule has 0 atom stereocenters. The maximum Gasteiger partial charge on any atom is 0.252 e. The molecular formula is C18H21N5O3S. The van der Waals surface area contributed by atoms with Gasteiger partial charge in [0.25, 0.3) is 5.91 Å². The third kappa shape index (κ3) is 4.50. The molecular weight excluding hydrogens is 366 g/mol. The molecule has 2 heterocycles. The Labute approximate surface area is 157 Å². The Morgan fingerprint density at radius 3 is 2.59 bits per heavy atom. The first-order chi connectivity index (χ1) is 12.9. The van der Waals surface area contributed by atoms with Crippen molar-refractivity contribution in [2.75, 3.05) is 19.3 Å². The van der Waals surface area contributed by atoms with Crippen LogP contribution in [-0.4, -0.2) is 48.4 Å². The molecule has 142 valence electrons. The number of aromatic nitrogens is 3. The molecule has 1 amide bonds. The Morgan fingerprint density at radius 2 is 1.93 bits per heavy atom. The number of pyridine rings is 1. The van der Waals surface area contributed by atoms with Crippen LogP contribution >= 0.6 is 0 Å². The number of aryl methyl sites for hydroxylation is 1. The molecule has 27 heavy (non-hydrogen) atoms. The van der Waals surface area contributed by atoms with Crippen LogP contribution in [0.25, 0.3) is 22.3 Å². The SMILES string of the molecule is CCn1ncc2c(C(=O)NCCNS(C)(=O)=O)cc(-c3ccccc3)nc21. The fourth-order valence-electron chi connectivity index (χ4n) is 2.73. The Balaban J connectivity index is 1.93. The van der Waals surface area contributed by atoms with Gasteiger partial charge in [-0.05, 0) is 13.0 Å². The van der Waals surface area contributed by atoms with E-state index in [-0.39, 0.29) is 19.0 Å². The summed E-state index contributed by atoms with van der Waals surface area (Å²) in [4.78, 5) is 17.4. The average molecular weight is 387 g/mol. The number of carbonyl (C=O) groups is 1. The van der Waals surface area contributed by atoms with Gasteiger partial charge in [-0.1, -0.05) is 30.3 Å². The molecule has 8 nitrogen and oxygen atoms in total. The van der Waals surface area contributed by atoms with E-state index in [1.807, 2.05) is 37.3 Å². The lowest BCUT2D eigenvalue weighted by Crippen LogP contribution is -2.34. The predicted octanol–water partition coefficient (Wildman–Crippen LogP) is 1.40. The van der Waals surface area contributed by atoms with E-state index in [1.54, 1.807) is 16.9 Å². The predicted molar refractivity (Wildman–Crippen MR) is 104 cm³/mol. The van der Waals surface area contributed by atoms with Gasteiger partial charge in [-0.25, -0.2) is 22.8 Å². The van der Waals surface area contributed by atoms with Crippen molar-refractivity contribution < 1.29 is 13.2 Å². The number of benzene rings is 1. The number of amides is 1. The minimum Gasteiger partial charge on any atom is -0.351 e. The lowest BCUT2D eigenvalue weighted by Gasteiger charge is -2.09. The molecule has 0 saturated carbocycles. The maximum absolute atomic E-state index is 12.7. The van der Waals surface area contributed by atoms with Crippen LogP contribution in [0.2, 0.25) is 0 Å². The van der Waals surface area contributed by atoms with Gasteiger partial charge in [0.1, 0.15) is 0 Å². The first kappa shape index (κ1) is 19.0. The standard InChI is InChI=1S/C18H21N5O3S/c1-3-23-17-15(12-20-23)14(18(24)19-9-10-21-27(2,25)26)11-16(22-17)13-7-5-4-6-8-13/h4-8,11-12,21H,3,9-10H2,1-2H3,(H,19,24). The fourth-order valence-corrected chi connectivity index (χ4v) is 3.20. The van der Waals surface area contributed by atoms with E-state index in [2.05, 4.69) is 20.1 Å². The molecule has 2 aromatic heterocycles. The van der Waals surface area contributed by atoms with Crippen molar-refractivity contribution in [3.63, 3.8) is 0 Å². The molecule has 3 rings (SSSR count). The van der Waals surface area contributed by atoms with Crippen LogP contribution in [0, 0.1) is 0 Å². The topological polar surface area (TPSA) is 106 Å². The van der Waals surface area contributed by atoms with Gasteiger partial charge in [0.2, 0.25) is 10.0 Å². The van der Waals surface area contributed by atoms with Crippen LogP contribution in [0.3, 0.4) is 0 Å². The normalized spacial score (nSPS) is 11.6. The van der Waals surface area contributed by atoms with Crippen molar-refractivity contribution in [2.45, 2.75) is 13.5 Å². The molecule has 2 N–H and O–H groups in total. The summed E-state index contributed by atoms with van der Waals surface area (Å²) in [5.74, 6) is -0.300. The number of rotatable bonds is 7. The van der Waals surface area contributed by atoms with Gasteiger partial charge in [-0.3, -0.25) is 4.79 Å². The van der Waals surface area contributed by atoms with E-state index in [4.69, 9.17) is 0 Å². The van der Waals surface area contributed by atoms with Crippen molar-refractivity contribution in [1.29, 1.82) is 0 Å². The number of fused-ring (bicyclic) bond motifs is 1. The summed E-state index contributed by atoms with van der Waals surface area (Å²) >= 11 is 0. The first-order valence-electron chi connectivity index (χ1n) is 8.54. The molecule has 0 bridgehead atoms. The minimum absolute atomic E-state index is 0.124. The van der Waals surface area contributed by atoms with Crippen LogP contribution in [-0.2, 0) is 16.6 Å². The van der Waals surface area contributed by atoms with Crippen molar-refractivity contribution in [2.24, 2.45) is 0 Å². The number of nitrogens with zero attached hydrogens (tertiary/aromatic N) is 3. The molecule has 0 radical (unpaired) electrons. The molecule has 3 aromatic rings. The van der Waals surface area contributed by atoms with Gasteiger partial charge in [-0.15, -0.1) is 0 Å². The van der Waals surface area contributed by atoms with E-state index in [0.29, 0.717) is 28.8 Å². The zero-order valence-corrected chi connectivity index (χ0v) is 16.0. The second-order valence-corrected chi connectivity index (χ2v) is 7.87. The summed E-state index contributed by atoms with van der Waals surface area (Å²) < 4.78 is 26.3. The quantitative estimate of drug-likeness (QED) is 0.596. The third-order valence-electron chi connectivity index (χ3n) is 4.00. The summed E-state index contributed by atoms with van der Waals surface area (Å²) in [7, 11) is -3.29. The zero-order chi connectivity index (χ0) is 19.4. The first-order valence-corrected chi connectivity index (χ1v) is 10.4. The largest absolute Gasteiger partial charge is 0.351 e. The molecule has 0 saturated heterocycles. The average Bonchev–Trinajstić information content (AvgIpc) is 3.07. The van der Waals surface area contributed by atoms with Crippen molar-refractivity contribution in [3.05, 3.63) is 48.2 Å². The third-order valence-corrected chi connectivity index (χ3v) is 4.73. The van der Waals surface area contributed by atoms with Gasteiger partial charge < -0.3 is 5.32 Å². The number of carbonyl (C=O) groups excluding carboxylic acids is 1.